The van der Waals surface area contributed by atoms with Gasteiger partial charge in [0.05, 0.1) is 5.75 Å². The van der Waals surface area contributed by atoms with Crippen LogP contribution in [0.2, 0.25) is 0 Å². The molecule has 1 amide bonds. The minimum absolute atomic E-state index is 0.258. The van der Waals surface area contributed by atoms with Crippen LogP contribution < -0.4 is 0 Å². The maximum atomic E-state index is 13.1. The Morgan fingerprint density at radius 2 is 1.97 bits per heavy atom. The zero-order chi connectivity index (χ0) is 20.6. The van der Waals surface area contributed by atoms with E-state index in [1.54, 1.807) is 11.8 Å². The number of aromatic nitrogens is 3. The summed E-state index contributed by atoms with van der Waals surface area (Å²) in [6, 6.07) is 0.403. The predicted octanol–water partition coefficient (Wildman–Crippen LogP) is 5.03. The van der Waals surface area contributed by atoms with Crippen molar-refractivity contribution in [3.63, 3.8) is 0 Å². The molecule has 1 aliphatic heterocycles. The zero-order valence-electron chi connectivity index (χ0n) is 18.3. The molecule has 2 heterocycles. The standard InChI is InChI=1S/C23H36N4OS/c1-5-11-26-20(17-9-7-6-8-10-17)24-25-21(26)29-14-19(28)27-16-23(4)13-18(27)12-22(2,3)15-23/h5,17-18H,1,6-16H2,2-4H3/t18-,23-/m1/s1. The summed E-state index contributed by atoms with van der Waals surface area (Å²) in [5.74, 6) is 2.30. The van der Waals surface area contributed by atoms with Gasteiger partial charge in [0.2, 0.25) is 5.91 Å². The molecule has 1 aromatic heterocycles. The van der Waals surface area contributed by atoms with Crippen LogP contribution in [0.1, 0.15) is 83.9 Å². The van der Waals surface area contributed by atoms with Gasteiger partial charge in [-0.1, -0.05) is 57.9 Å². The van der Waals surface area contributed by atoms with Gasteiger partial charge in [0.1, 0.15) is 5.82 Å². The minimum atomic E-state index is 0.258. The number of rotatable bonds is 6. The third-order valence-electron chi connectivity index (χ3n) is 7.09. The van der Waals surface area contributed by atoms with Crippen LogP contribution in [0.4, 0.5) is 0 Å². The Kier molecular flexibility index (Phi) is 5.84. The van der Waals surface area contributed by atoms with Crippen LogP contribution in [0.5, 0.6) is 0 Å². The molecule has 4 rings (SSSR count). The first-order chi connectivity index (χ1) is 13.8. The molecular formula is C23H36N4OS. The lowest BCUT2D eigenvalue weighted by Crippen LogP contribution is -2.38. The van der Waals surface area contributed by atoms with E-state index >= 15 is 0 Å². The summed E-state index contributed by atoms with van der Waals surface area (Å²) in [4.78, 5) is 15.3. The largest absolute Gasteiger partial charge is 0.338 e. The van der Waals surface area contributed by atoms with E-state index in [9.17, 15) is 4.79 Å². The highest BCUT2D eigenvalue weighted by molar-refractivity contribution is 7.99. The number of carbonyl (C=O) groups is 1. The Labute approximate surface area is 179 Å². The lowest BCUT2D eigenvalue weighted by Gasteiger charge is -2.39. The summed E-state index contributed by atoms with van der Waals surface area (Å²) in [6.45, 7) is 12.6. The fourth-order valence-corrected chi connectivity index (χ4v) is 7.17. The summed E-state index contributed by atoms with van der Waals surface area (Å²) in [5, 5.41) is 9.87. The third-order valence-corrected chi connectivity index (χ3v) is 8.04. The number of fused-ring (bicyclic) bond motifs is 2. The van der Waals surface area contributed by atoms with E-state index in [0.717, 1.165) is 30.4 Å². The van der Waals surface area contributed by atoms with Gasteiger partial charge in [-0.15, -0.1) is 16.8 Å². The first kappa shape index (κ1) is 21.0. The molecule has 5 nitrogen and oxygen atoms in total. The van der Waals surface area contributed by atoms with Gasteiger partial charge in [0, 0.05) is 25.0 Å². The lowest BCUT2D eigenvalue weighted by atomic mass is 9.65. The summed E-state index contributed by atoms with van der Waals surface area (Å²) in [5.41, 5.74) is 0.614. The van der Waals surface area contributed by atoms with Crippen LogP contribution in [0, 0.1) is 10.8 Å². The maximum Gasteiger partial charge on any atom is 0.233 e. The van der Waals surface area contributed by atoms with Crippen LogP contribution in [-0.4, -0.2) is 43.9 Å². The molecule has 3 aliphatic rings. The number of amides is 1. The molecule has 160 valence electrons. The molecule has 29 heavy (non-hydrogen) atoms. The van der Waals surface area contributed by atoms with Crippen molar-refractivity contribution in [1.82, 2.24) is 19.7 Å². The van der Waals surface area contributed by atoms with Crippen molar-refractivity contribution in [3.8, 4) is 0 Å². The van der Waals surface area contributed by atoms with Crippen molar-refractivity contribution in [2.45, 2.75) is 95.8 Å². The number of likely N-dealkylation sites (tertiary alicyclic amines) is 1. The van der Waals surface area contributed by atoms with E-state index in [0.29, 0.717) is 29.7 Å². The van der Waals surface area contributed by atoms with Gasteiger partial charge in [-0.05, 0) is 42.9 Å². The smallest absolute Gasteiger partial charge is 0.233 e. The quantitative estimate of drug-likeness (QED) is 0.482. The Bertz CT molecular complexity index is 767. The average Bonchev–Trinajstić information content (AvgIpc) is 3.17. The molecule has 1 aromatic rings. The second-order valence-corrected chi connectivity index (χ2v) is 11.5. The van der Waals surface area contributed by atoms with Gasteiger partial charge in [0.15, 0.2) is 5.16 Å². The molecule has 2 atom stereocenters. The number of thioether (sulfide) groups is 1. The normalized spacial score (nSPS) is 29.2. The summed E-state index contributed by atoms with van der Waals surface area (Å²) in [7, 11) is 0. The molecule has 6 heteroatoms. The molecule has 0 spiro atoms. The fraction of sp³-hybridized carbons (Fsp3) is 0.783. The highest BCUT2D eigenvalue weighted by Crippen LogP contribution is 2.52. The van der Waals surface area contributed by atoms with Crippen LogP contribution in [-0.2, 0) is 11.3 Å². The SMILES string of the molecule is C=CCn1c(SCC(=O)N2C[C@]3(C)C[C@H]2CC(C)(C)C3)nnc1C1CCCCC1. The minimum Gasteiger partial charge on any atom is -0.338 e. The van der Waals surface area contributed by atoms with Crippen molar-refractivity contribution in [3.05, 3.63) is 18.5 Å². The number of hydrogen-bond donors (Lipinski definition) is 0. The van der Waals surface area contributed by atoms with E-state index in [1.165, 1.54) is 38.5 Å². The van der Waals surface area contributed by atoms with E-state index < -0.39 is 0 Å². The zero-order valence-corrected chi connectivity index (χ0v) is 19.1. The molecule has 2 bridgehead atoms. The third kappa shape index (κ3) is 4.42. The van der Waals surface area contributed by atoms with Crippen LogP contribution in [0.15, 0.2) is 17.8 Å². The molecule has 3 fully saturated rings. The van der Waals surface area contributed by atoms with E-state index in [1.807, 2.05) is 6.08 Å². The highest BCUT2D eigenvalue weighted by Gasteiger charge is 2.50. The molecular weight excluding hydrogens is 380 g/mol. The van der Waals surface area contributed by atoms with Gasteiger partial charge in [-0.3, -0.25) is 4.79 Å². The number of carbonyl (C=O) groups excluding carboxylic acids is 1. The van der Waals surface area contributed by atoms with E-state index in [2.05, 4.69) is 47.0 Å². The Hall–Kier alpha value is -1.30. The van der Waals surface area contributed by atoms with Crippen molar-refractivity contribution < 1.29 is 4.79 Å². The molecule has 1 saturated heterocycles. The Balaban J connectivity index is 1.43. The summed E-state index contributed by atoms with van der Waals surface area (Å²) < 4.78 is 2.19. The topological polar surface area (TPSA) is 51.0 Å². The average molecular weight is 417 g/mol. The van der Waals surface area contributed by atoms with Crippen LogP contribution in [0.3, 0.4) is 0 Å². The summed E-state index contributed by atoms with van der Waals surface area (Å²) in [6.07, 6.45) is 11.7. The fourth-order valence-electron chi connectivity index (χ4n) is 6.33. The molecule has 2 saturated carbocycles. The maximum absolute atomic E-state index is 13.1. The molecule has 0 radical (unpaired) electrons. The summed E-state index contributed by atoms with van der Waals surface area (Å²) >= 11 is 1.55. The highest BCUT2D eigenvalue weighted by atomic mass is 32.2. The van der Waals surface area contributed by atoms with Crippen molar-refractivity contribution >= 4 is 17.7 Å². The number of nitrogens with zero attached hydrogens (tertiary/aromatic N) is 4. The Morgan fingerprint density at radius 1 is 1.21 bits per heavy atom. The van der Waals surface area contributed by atoms with Gasteiger partial charge in [-0.25, -0.2) is 0 Å². The van der Waals surface area contributed by atoms with Crippen LogP contribution >= 0.6 is 11.8 Å². The van der Waals surface area contributed by atoms with Crippen molar-refractivity contribution in [2.75, 3.05) is 12.3 Å². The first-order valence-corrected chi connectivity index (χ1v) is 12.3. The van der Waals surface area contributed by atoms with Crippen LogP contribution in [0.25, 0.3) is 0 Å². The second kappa shape index (κ2) is 8.09. The van der Waals surface area contributed by atoms with Crippen molar-refractivity contribution in [1.29, 1.82) is 0 Å². The molecule has 0 unspecified atom stereocenters. The van der Waals surface area contributed by atoms with Gasteiger partial charge in [-0.2, -0.15) is 0 Å². The van der Waals surface area contributed by atoms with Gasteiger partial charge in [0.25, 0.3) is 0 Å². The number of allylic oxidation sites excluding steroid dienone is 1. The predicted molar refractivity (Wildman–Crippen MR) is 118 cm³/mol. The second-order valence-electron chi connectivity index (χ2n) is 10.6. The first-order valence-electron chi connectivity index (χ1n) is 11.3. The molecule has 2 aliphatic carbocycles. The van der Waals surface area contributed by atoms with Gasteiger partial charge < -0.3 is 9.47 Å². The monoisotopic (exact) mass is 416 g/mol. The van der Waals surface area contributed by atoms with E-state index in [-0.39, 0.29) is 11.3 Å². The Morgan fingerprint density at radius 3 is 2.69 bits per heavy atom. The van der Waals surface area contributed by atoms with Crippen molar-refractivity contribution in [2.24, 2.45) is 10.8 Å². The lowest BCUT2D eigenvalue weighted by molar-refractivity contribution is -0.129. The molecule has 0 aromatic carbocycles. The van der Waals surface area contributed by atoms with E-state index in [4.69, 9.17) is 0 Å². The number of hydrogen-bond acceptors (Lipinski definition) is 4. The molecule has 0 N–H and O–H groups in total. The van der Waals surface area contributed by atoms with Gasteiger partial charge >= 0.3 is 0 Å².